The Morgan fingerprint density at radius 1 is 1.18 bits per heavy atom. The van der Waals surface area contributed by atoms with Crippen LogP contribution in [0.25, 0.3) is 0 Å². The third kappa shape index (κ3) is 4.97. The van der Waals surface area contributed by atoms with Gasteiger partial charge in [0.25, 0.3) is 0 Å². The number of nitrogens with zero attached hydrogens (tertiary/aromatic N) is 4. The Balaban J connectivity index is 1.66. The van der Waals surface area contributed by atoms with Gasteiger partial charge >= 0.3 is 0 Å². The number of thiophene rings is 1. The maximum atomic E-state index is 10.1. The van der Waals surface area contributed by atoms with Gasteiger partial charge < -0.3 is 25.1 Å². The Hall–Kier alpha value is -2.25. The minimum atomic E-state index is 0.288. The third-order valence-electron chi connectivity index (χ3n) is 5.05. The highest BCUT2D eigenvalue weighted by molar-refractivity contribution is 7.10. The maximum Gasteiger partial charge on any atom is 0.194 e. The molecule has 1 aromatic heterocycles. The number of hydrogen-bond donors (Lipinski definition) is 2. The van der Waals surface area contributed by atoms with E-state index in [0.29, 0.717) is 5.75 Å². The summed E-state index contributed by atoms with van der Waals surface area (Å²) in [5.74, 6) is 1.32. The topological polar surface area (TPSA) is 54.3 Å². The molecular formula is C21H31N5OS. The zero-order chi connectivity index (χ0) is 19.9. The number of guanidine groups is 1. The molecule has 0 amide bonds. The standard InChI is InChI=1S/C21H31N5OS/c1-4-22-21(23-16-18(24(2)3)20-10-7-15-28-20)26-13-11-25(12-14-26)17-8-5-6-9-19(17)27/h5-10,15,18,27H,4,11-14,16H2,1-3H3,(H,22,23). The molecule has 2 aromatic rings. The number of anilines is 1. The van der Waals surface area contributed by atoms with E-state index >= 15 is 0 Å². The molecule has 0 bridgehead atoms. The zero-order valence-electron chi connectivity index (χ0n) is 17.0. The minimum Gasteiger partial charge on any atom is -0.506 e. The molecule has 0 aliphatic carbocycles. The van der Waals surface area contributed by atoms with Crippen LogP contribution in [0.2, 0.25) is 0 Å². The van der Waals surface area contributed by atoms with Crippen molar-refractivity contribution in [3.63, 3.8) is 0 Å². The highest BCUT2D eigenvalue weighted by Gasteiger charge is 2.22. The first-order valence-electron chi connectivity index (χ1n) is 9.86. The van der Waals surface area contributed by atoms with Crippen molar-refractivity contribution >= 4 is 23.0 Å². The second-order valence-corrected chi connectivity index (χ2v) is 8.13. The Bertz CT molecular complexity index is 754. The fraction of sp³-hybridized carbons (Fsp3) is 0.476. The van der Waals surface area contributed by atoms with Crippen LogP contribution in [0.3, 0.4) is 0 Å². The molecule has 2 N–H and O–H groups in total. The van der Waals surface area contributed by atoms with E-state index < -0.39 is 0 Å². The summed E-state index contributed by atoms with van der Waals surface area (Å²) in [6.45, 7) is 7.18. The number of likely N-dealkylation sites (N-methyl/N-ethyl adjacent to an activating group) is 1. The van der Waals surface area contributed by atoms with Crippen molar-refractivity contribution in [2.45, 2.75) is 13.0 Å². The highest BCUT2D eigenvalue weighted by Crippen LogP contribution is 2.27. The van der Waals surface area contributed by atoms with Crippen LogP contribution >= 0.6 is 11.3 Å². The molecule has 0 spiro atoms. The van der Waals surface area contributed by atoms with Crippen LogP contribution in [-0.4, -0.2) is 74.2 Å². The van der Waals surface area contributed by atoms with Crippen LogP contribution < -0.4 is 10.2 Å². The number of phenols is 1. The fourth-order valence-corrected chi connectivity index (χ4v) is 4.39. The summed E-state index contributed by atoms with van der Waals surface area (Å²) >= 11 is 1.78. The Kier molecular flexibility index (Phi) is 7.17. The van der Waals surface area contributed by atoms with Crippen LogP contribution in [0.15, 0.2) is 46.8 Å². The first kappa shape index (κ1) is 20.5. The summed E-state index contributed by atoms with van der Waals surface area (Å²) in [5.41, 5.74) is 0.912. The Morgan fingerprint density at radius 3 is 2.54 bits per heavy atom. The van der Waals surface area contributed by atoms with Crippen molar-refractivity contribution in [3.8, 4) is 5.75 Å². The molecule has 7 heteroatoms. The van der Waals surface area contributed by atoms with Gasteiger partial charge in [-0.15, -0.1) is 11.3 Å². The predicted molar refractivity (Wildman–Crippen MR) is 119 cm³/mol. The van der Waals surface area contributed by atoms with Crippen molar-refractivity contribution in [2.75, 3.05) is 58.3 Å². The fourth-order valence-electron chi connectivity index (χ4n) is 3.48. The van der Waals surface area contributed by atoms with Crippen LogP contribution in [-0.2, 0) is 0 Å². The molecule has 1 unspecified atom stereocenters. The lowest BCUT2D eigenvalue weighted by Gasteiger charge is -2.38. The lowest BCUT2D eigenvalue weighted by molar-refractivity contribution is 0.307. The molecule has 1 aliphatic heterocycles. The largest absolute Gasteiger partial charge is 0.506 e. The number of hydrogen-bond acceptors (Lipinski definition) is 5. The number of para-hydroxylation sites is 2. The molecule has 1 aliphatic rings. The summed E-state index contributed by atoms with van der Waals surface area (Å²) < 4.78 is 0. The summed E-state index contributed by atoms with van der Waals surface area (Å²) in [6, 6.07) is 12.1. The number of aromatic hydroxyl groups is 1. The molecular weight excluding hydrogens is 370 g/mol. The first-order chi connectivity index (χ1) is 13.6. The molecule has 6 nitrogen and oxygen atoms in total. The average Bonchev–Trinajstić information content (AvgIpc) is 3.22. The van der Waals surface area contributed by atoms with E-state index in [1.54, 1.807) is 17.4 Å². The van der Waals surface area contributed by atoms with Gasteiger partial charge in [-0.25, -0.2) is 0 Å². The number of piperazine rings is 1. The molecule has 28 heavy (non-hydrogen) atoms. The van der Waals surface area contributed by atoms with Crippen molar-refractivity contribution in [1.82, 2.24) is 15.1 Å². The van der Waals surface area contributed by atoms with E-state index in [9.17, 15) is 5.11 Å². The van der Waals surface area contributed by atoms with E-state index in [-0.39, 0.29) is 6.04 Å². The lowest BCUT2D eigenvalue weighted by Crippen LogP contribution is -2.52. The van der Waals surface area contributed by atoms with Crippen LogP contribution in [0, 0.1) is 0 Å². The number of benzene rings is 1. The van der Waals surface area contributed by atoms with Crippen LogP contribution in [0.5, 0.6) is 5.75 Å². The van der Waals surface area contributed by atoms with Gasteiger partial charge in [0.2, 0.25) is 0 Å². The van der Waals surface area contributed by atoms with Gasteiger partial charge in [-0.3, -0.25) is 4.99 Å². The first-order valence-corrected chi connectivity index (χ1v) is 10.7. The second-order valence-electron chi connectivity index (χ2n) is 7.15. The molecule has 3 rings (SSSR count). The van der Waals surface area contributed by atoms with E-state index in [2.05, 4.69) is 58.5 Å². The van der Waals surface area contributed by atoms with Gasteiger partial charge in [0.15, 0.2) is 5.96 Å². The number of nitrogens with one attached hydrogen (secondary N) is 1. The summed E-state index contributed by atoms with van der Waals surface area (Å²) in [6.07, 6.45) is 0. The van der Waals surface area contributed by atoms with Gasteiger partial charge in [0, 0.05) is 37.6 Å². The molecule has 1 aromatic carbocycles. The molecule has 2 heterocycles. The van der Waals surface area contributed by atoms with Crippen molar-refractivity contribution < 1.29 is 5.11 Å². The van der Waals surface area contributed by atoms with Gasteiger partial charge in [0.1, 0.15) is 5.75 Å². The number of aliphatic imine (C=N–C) groups is 1. The van der Waals surface area contributed by atoms with E-state index in [1.807, 2.05) is 18.2 Å². The number of rotatable bonds is 6. The van der Waals surface area contributed by atoms with Gasteiger partial charge in [-0.05, 0) is 44.6 Å². The molecule has 1 fully saturated rings. The van der Waals surface area contributed by atoms with E-state index in [0.717, 1.165) is 50.9 Å². The lowest BCUT2D eigenvalue weighted by atomic mass is 10.2. The zero-order valence-corrected chi connectivity index (χ0v) is 17.8. The smallest absolute Gasteiger partial charge is 0.194 e. The van der Waals surface area contributed by atoms with E-state index in [1.165, 1.54) is 4.88 Å². The Labute approximate surface area is 172 Å². The van der Waals surface area contributed by atoms with Crippen molar-refractivity contribution in [2.24, 2.45) is 4.99 Å². The Morgan fingerprint density at radius 2 is 1.93 bits per heavy atom. The quantitative estimate of drug-likeness (QED) is 0.576. The van der Waals surface area contributed by atoms with Gasteiger partial charge in [0.05, 0.1) is 18.3 Å². The third-order valence-corrected chi connectivity index (χ3v) is 6.02. The monoisotopic (exact) mass is 401 g/mol. The average molecular weight is 402 g/mol. The summed E-state index contributed by atoms with van der Waals surface area (Å²) in [7, 11) is 4.22. The van der Waals surface area contributed by atoms with E-state index in [4.69, 9.17) is 4.99 Å². The second kappa shape index (κ2) is 9.80. The molecule has 1 atom stereocenters. The normalized spacial score (nSPS) is 16.5. The molecule has 0 radical (unpaired) electrons. The summed E-state index contributed by atoms with van der Waals surface area (Å²) in [5, 5.41) is 15.7. The van der Waals surface area contributed by atoms with Crippen molar-refractivity contribution in [3.05, 3.63) is 46.7 Å². The minimum absolute atomic E-state index is 0.288. The van der Waals surface area contributed by atoms with Crippen molar-refractivity contribution in [1.29, 1.82) is 0 Å². The SMILES string of the molecule is CCNC(=NCC(c1cccs1)N(C)C)N1CCN(c2ccccc2O)CC1. The maximum absolute atomic E-state index is 10.1. The van der Waals surface area contributed by atoms with Crippen LogP contribution in [0.4, 0.5) is 5.69 Å². The molecule has 1 saturated heterocycles. The van der Waals surface area contributed by atoms with Crippen LogP contribution in [0.1, 0.15) is 17.8 Å². The molecule has 152 valence electrons. The predicted octanol–water partition coefficient (Wildman–Crippen LogP) is 2.84. The summed E-state index contributed by atoms with van der Waals surface area (Å²) in [4.78, 5) is 13.1. The molecule has 0 saturated carbocycles. The van der Waals surface area contributed by atoms with Gasteiger partial charge in [-0.1, -0.05) is 18.2 Å². The highest BCUT2D eigenvalue weighted by atomic mass is 32.1. The van der Waals surface area contributed by atoms with Gasteiger partial charge in [-0.2, -0.15) is 0 Å². The number of phenolic OH excluding ortho intramolecular Hbond substituents is 1.